The van der Waals surface area contributed by atoms with Crippen LogP contribution in [0.4, 0.5) is 10.2 Å². The lowest BCUT2D eigenvalue weighted by Crippen LogP contribution is -2.40. The average Bonchev–Trinajstić information content (AvgIpc) is 3.24. The molecule has 2 aromatic heterocycles. The van der Waals surface area contributed by atoms with Crippen LogP contribution in [0.25, 0.3) is 16.9 Å². The number of halogens is 1. The van der Waals surface area contributed by atoms with Crippen LogP contribution in [-0.4, -0.2) is 59.9 Å². The summed E-state index contributed by atoms with van der Waals surface area (Å²) in [6.07, 6.45) is 2.84. The van der Waals surface area contributed by atoms with E-state index in [0.717, 1.165) is 6.07 Å². The van der Waals surface area contributed by atoms with Crippen LogP contribution in [0.2, 0.25) is 0 Å². The van der Waals surface area contributed by atoms with E-state index in [1.54, 1.807) is 28.8 Å². The third-order valence-electron chi connectivity index (χ3n) is 6.26. The second-order valence-electron chi connectivity index (χ2n) is 8.56. The molecule has 35 heavy (non-hydrogen) atoms. The van der Waals surface area contributed by atoms with Crippen LogP contribution in [0.15, 0.2) is 65.7 Å². The number of benzene rings is 2. The van der Waals surface area contributed by atoms with Gasteiger partial charge in [-0.1, -0.05) is 18.2 Å². The lowest BCUT2D eigenvalue weighted by atomic mass is 9.98. The Morgan fingerprint density at radius 2 is 1.89 bits per heavy atom. The standard InChI is InChI=1S/C24H23BFN5O3S/c25-20-15-28-31-23(13-21(29-24(20)31)19-6-1-2-7-22(19)32)27-14-16-8-10-30(11-9-16)35(33,34)18-5-3-4-17(26)12-18/h1-7,12-13,15-16,27,32H,8-11,14H2. The van der Waals surface area contributed by atoms with E-state index in [1.165, 1.54) is 28.7 Å². The van der Waals surface area contributed by atoms with Crippen LogP contribution >= 0.6 is 0 Å². The molecule has 0 unspecified atom stereocenters. The summed E-state index contributed by atoms with van der Waals surface area (Å²) >= 11 is 0. The fourth-order valence-electron chi connectivity index (χ4n) is 4.31. The number of para-hydroxylation sites is 1. The van der Waals surface area contributed by atoms with Gasteiger partial charge in [0, 0.05) is 37.5 Å². The van der Waals surface area contributed by atoms with E-state index in [-0.39, 0.29) is 16.6 Å². The maximum absolute atomic E-state index is 13.5. The monoisotopic (exact) mass is 491 g/mol. The second-order valence-corrected chi connectivity index (χ2v) is 10.5. The normalized spacial score (nSPS) is 15.5. The number of hydrogen-bond acceptors (Lipinski definition) is 6. The molecule has 178 valence electrons. The molecule has 0 atom stereocenters. The van der Waals surface area contributed by atoms with Crippen molar-refractivity contribution in [1.82, 2.24) is 18.9 Å². The number of anilines is 1. The Hall–Kier alpha value is -3.44. The van der Waals surface area contributed by atoms with E-state index in [4.69, 9.17) is 7.85 Å². The summed E-state index contributed by atoms with van der Waals surface area (Å²) in [4.78, 5) is 4.54. The summed E-state index contributed by atoms with van der Waals surface area (Å²) in [6.45, 7) is 1.30. The van der Waals surface area contributed by atoms with Crippen molar-refractivity contribution in [3.05, 3.63) is 66.6 Å². The van der Waals surface area contributed by atoms with Gasteiger partial charge in [0.05, 0.1) is 10.6 Å². The molecule has 5 rings (SSSR count). The van der Waals surface area contributed by atoms with E-state index in [0.29, 0.717) is 60.7 Å². The van der Waals surface area contributed by atoms with Crippen molar-refractivity contribution in [1.29, 1.82) is 0 Å². The van der Waals surface area contributed by atoms with E-state index in [9.17, 15) is 17.9 Å². The van der Waals surface area contributed by atoms with Gasteiger partial charge >= 0.3 is 0 Å². The van der Waals surface area contributed by atoms with Crippen molar-refractivity contribution in [2.24, 2.45) is 5.92 Å². The zero-order chi connectivity index (χ0) is 24.6. The second kappa shape index (κ2) is 9.31. The van der Waals surface area contributed by atoms with Crippen molar-refractivity contribution in [3.63, 3.8) is 0 Å². The highest BCUT2D eigenvalue weighted by atomic mass is 32.2. The Bertz CT molecular complexity index is 1490. The summed E-state index contributed by atoms with van der Waals surface area (Å²) in [7, 11) is 2.33. The number of aromatic nitrogens is 3. The Labute approximate surface area is 203 Å². The van der Waals surface area contributed by atoms with Crippen molar-refractivity contribution >= 4 is 34.8 Å². The van der Waals surface area contributed by atoms with Crippen molar-refractivity contribution in [2.45, 2.75) is 17.7 Å². The Morgan fingerprint density at radius 1 is 1.11 bits per heavy atom. The molecule has 0 amide bonds. The zero-order valence-electron chi connectivity index (χ0n) is 18.8. The van der Waals surface area contributed by atoms with E-state index >= 15 is 0 Å². The minimum atomic E-state index is -3.73. The molecule has 8 nitrogen and oxygen atoms in total. The fourth-order valence-corrected chi connectivity index (χ4v) is 5.81. The number of fused-ring (bicyclic) bond motifs is 1. The predicted molar refractivity (Wildman–Crippen MR) is 132 cm³/mol. The molecule has 2 aromatic carbocycles. The molecule has 2 N–H and O–H groups in total. The van der Waals surface area contributed by atoms with Crippen molar-refractivity contribution in [3.8, 4) is 17.0 Å². The van der Waals surface area contributed by atoms with Gasteiger partial charge in [0.2, 0.25) is 10.0 Å². The summed E-state index contributed by atoms with van der Waals surface area (Å²) in [5.74, 6) is 0.426. The number of aromatic hydroxyl groups is 1. The lowest BCUT2D eigenvalue weighted by molar-refractivity contribution is 0.282. The third kappa shape index (κ3) is 4.61. The summed E-state index contributed by atoms with van der Waals surface area (Å²) in [6, 6.07) is 13.8. The van der Waals surface area contributed by atoms with E-state index < -0.39 is 15.8 Å². The van der Waals surface area contributed by atoms with Gasteiger partial charge in [0.1, 0.15) is 25.2 Å². The number of phenolic OH excluding ortho intramolecular Hbond substituents is 1. The first-order valence-electron chi connectivity index (χ1n) is 11.2. The number of phenols is 1. The maximum Gasteiger partial charge on any atom is 0.243 e. The molecule has 4 aromatic rings. The smallest absolute Gasteiger partial charge is 0.243 e. The number of piperidine rings is 1. The molecule has 0 spiro atoms. The third-order valence-corrected chi connectivity index (χ3v) is 8.15. The molecule has 1 fully saturated rings. The minimum absolute atomic E-state index is 0.0267. The fraction of sp³-hybridized carbons (Fsp3) is 0.250. The molecule has 0 aliphatic carbocycles. The summed E-state index contributed by atoms with van der Waals surface area (Å²) in [5.41, 5.74) is 2.03. The topological polar surface area (TPSA) is 99.8 Å². The van der Waals surface area contributed by atoms with Gasteiger partial charge in [-0.05, 0) is 54.6 Å². The van der Waals surface area contributed by atoms with Gasteiger partial charge in [0.25, 0.3) is 0 Å². The molecule has 1 saturated heterocycles. The van der Waals surface area contributed by atoms with Crippen LogP contribution in [0.1, 0.15) is 12.8 Å². The largest absolute Gasteiger partial charge is 0.507 e. The number of nitrogens with zero attached hydrogens (tertiary/aromatic N) is 4. The molecule has 1 aliphatic rings. The first-order valence-corrected chi connectivity index (χ1v) is 12.7. The Balaban J connectivity index is 1.30. The highest BCUT2D eigenvalue weighted by molar-refractivity contribution is 7.89. The summed E-state index contributed by atoms with van der Waals surface area (Å²) < 4.78 is 42.3. The SMILES string of the molecule is [B]c1cnn2c(NCC3CCN(S(=O)(=O)c4cccc(F)c4)CC3)cc(-c3ccccc3O)nc12. The van der Waals surface area contributed by atoms with E-state index in [1.807, 2.05) is 6.07 Å². The van der Waals surface area contributed by atoms with Crippen LogP contribution in [0.3, 0.4) is 0 Å². The van der Waals surface area contributed by atoms with Crippen LogP contribution in [0, 0.1) is 11.7 Å². The molecule has 1 aliphatic heterocycles. The van der Waals surface area contributed by atoms with E-state index in [2.05, 4.69) is 15.4 Å². The van der Waals surface area contributed by atoms with Gasteiger partial charge in [-0.25, -0.2) is 17.8 Å². The Morgan fingerprint density at radius 3 is 2.63 bits per heavy atom. The van der Waals surface area contributed by atoms with Crippen LogP contribution < -0.4 is 10.8 Å². The summed E-state index contributed by atoms with van der Waals surface area (Å²) in [5, 5.41) is 18.0. The number of rotatable bonds is 6. The van der Waals surface area contributed by atoms with Gasteiger partial charge < -0.3 is 10.4 Å². The lowest BCUT2D eigenvalue weighted by Gasteiger charge is -2.31. The van der Waals surface area contributed by atoms with Crippen molar-refractivity contribution < 1.29 is 17.9 Å². The number of hydrogen-bond donors (Lipinski definition) is 2. The highest BCUT2D eigenvalue weighted by Crippen LogP contribution is 2.30. The van der Waals surface area contributed by atoms with Gasteiger partial charge in [-0.15, -0.1) is 0 Å². The average molecular weight is 491 g/mol. The maximum atomic E-state index is 13.5. The first kappa shape index (κ1) is 23.3. The predicted octanol–water partition coefficient (Wildman–Crippen LogP) is 2.55. The quantitative estimate of drug-likeness (QED) is 0.403. The molecule has 0 bridgehead atoms. The Kier molecular flexibility index (Phi) is 6.20. The number of nitrogens with one attached hydrogen (secondary N) is 1. The number of sulfonamides is 1. The molecule has 0 saturated carbocycles. The molecule has 2 radical (unpaired) electrons. The van der Waals surface area contributed by atoms with Gasteiger partial charge in [-0.2, -0.15) is 13.9 Å². The zero-order valence-corrected chi connectivity index (χ0v) is 19.6. The minimum Gasteiger partial charge on any atom is -0.507 e. The molecular weight excluding hydrogens is 468 g/mol. The van der Waals surface area contributed by atoms with Crippen molar-refractivity contribution in [2.75, 3.05) is 25.0 Å². The van der Waals surface area contributed by atoms with Crippen LogP contribution in [0.5, 0.6) is 5.75 Å². The van der Waals surface area contributed by atoms with Gasteiger partial charge in [0.15, 0.2) is 5.65 Å². The van der Waals surface area contributed by atoms with Crippen LogP contribution in [-0.2, 0) is 10.0 Å². The molecule has 3 heterocycles. The highest BCUT2D eigenvalue weighted by Gasteiger charge is 2.29. The molecule has 11 heteroatoms. The first-order chi connectivity index (χ1) is 16.8. The molecular formula is C24H23BFN5O3S. The van der Waals surface area contributed by atoms with Gasteiger partial charge in [-0.3, -0.25) is 0 Å².